The van der Waals surface area contributed by atoms with Gasteiger partial charge in [-0.25, -0.2) is 0 Å². The van der Waals surface area contributed by atoms with Crippen LogP contribution in [-0.2, 0) is 0 Å². The molecule has 2 aromatic rings. The van der Waals surface area contributed by atoms with Crippen molar-refractivity contribution in [1.29, 1.82) is 0 Å². The summed E-state index contributed by atoms with van der Waals surface area (Å²) in [7, 11) is 0. The molecule has 3 rings (SSSR count). The maximum atomic E-state index is 12.5. The number of hydrogen-bond acceptors (Lipinski definition) is 2. The van der Waals surface area contributed by atoms with Crippen LogP contribution < -0.4 is 5.32 Å². The number of hydrogen-bond donors (Lipinski definition) is 1. The van der Waals surface area contributed by atoms with Crippen molar-refractivity contribution >= 4 is 5.91 Å². The van der Waals surface area contributed by atoms with Gasteiger partial charge in [-0.2, -0.15) is 0 Å². The highest BCUT2D eigenvalue weighted by molar-refractivity contribution is 5.93. The topological polar surface area (TPSA) is 46.9 Å². The lowest BCUT2D eigenvalue weighted by Gasteiger charge is -2.17. The molecule has 2 heterocycles. The van der Waals surface area contributed by atoms with Crippen LogP contribution >= 0.6 is 0 Å². The first-order chi connectivity index (χ1) is 10.2. The molecule has 21 heavy (non-hydrogen) atoms. The van der Waals surface area contributed by atoms with Crippen LogP contribution in [0.2, 0.25) is 0 Å². The standard InChI is InChI=1S/C17H21N3O/c1-3-14(15-9-6-12(2)11-18-15)19-17(21)16-5-4-10-20(16)13-7-8-13/h4-6,9-11,13-14H,3,7-8H2,1-2H3,(H,19,21)/t14-/m0/s1. The van der Waals surface area contributed by atoms with Gasteiger partial charge >= 0.3 is 0 Å². The van der Waals surface area contributed by atoms with Crippen LogP contribution in [0.1, 0.15) is 60.0 Å². The molecule has 1 atom stereocenters. The van der Waals surface area contributed by atoms with Gasteiger partial charge in [-0.1, -0.05) is 13.0 Å². The number of carbonyl (C=O) groups excluding carboxylic acids is 1. The predicted molar refractivity (Wildman–Crippen MR) is 82.2 cm³/mol. The molecule has 2 aromatic heterocycles. The molecule has 1 aliphatic rings. The second-order valence-corrected chi connectivity index (χ2v) is 5.73. The summed E-state index contributed by atoms with van der Waals surface area (Å²) >= 11 is 0. The van der Waals surface area contributed by atoms with Crippen molar-refractivity contribution in [2.75, 3.05) is 0 Å². The van der Waals surface area contributed by atoms with Gasteiger partial charge in [0.25, 0.3) is 5.91 Å². The van der Waals surface area contributed by atoms with E-state index >= 15 is 0 Å². The number of aryl methyl sites for hydroxylation is 1. The molecule has 4 heteroatoms. The van der Waals surface area contributed by atoms with E-state index in [2.05, 4.69) is 21.8 Å². The van der Waals surface area contributed by atoms with Crippen LogP contribution in [0, 0.1) is 6.92 Å². The third kappa shape index (κ3) is 2.99. The minimum atomic E-state index is -0.0411. The van der Waals surface area contributed by atoms with Crippen LogP contribution in [-0.4, -0.2) is 15.5 Å². The number of pyridine rings is 1. The lowest BCUT2D eigenvalue weighted by atomic mass is 10.1. The molecule has 0 spiro atoms. The van der Waals surface area contributed by atoms with Gasteiger partial charge in [0, 0.05) is 18.4 Å². The van der Waals surface area contributed by atoms with Crippen molar-refractivity contribution in [2.24, 2.45) is 0 Å². The Morgan fingerprint density at radius 1 is 1.43 bits per heavy atom. The van der Waals surface area contributed by atoms with Crippen molar-refractivity contribution < 1.29 is 4.79 Å². The molecule has 0 radical (unpaired) electrons. The summed E-state index contributed by atoms with van der Waals surface area (Å²) in [5, 5.41) is 3.11. The van der Waals surface area contributed by atoms with E-state index in [1.807, 2.05) is 43.6 Å². The van der Waals surface area contributed by atoms with Crippen molar-refractivity contribution in [2.45, 2.75) is 45.2 Å². The Labute approximate surface area is 125 Å². The van der Waals surface area contributed by atoms with Crippen LogP contribution in [0.3, 0.4) is 0 Å². The molecule has 1 fully saturated rings. The van der Waals surface area contributed by atoms with Gasteiger partial charge in [-0.15, -0.1) is 0 Å². The number of amides is 1. The number of nitrogens with one attached hydrogen (secondary N) is 1. The first-order valence-corrected chi connectivity index (χ1v) is 7.59. The zero-order chi connectivity index (χ0) is 14.8. The van der Waals surface area contributed by atoms with Crippen LogP contribution in [0.25, 0.3) is 0 Å². The molecule has 0 bridgehead atoms. The molecule has 110 valence electrons. The smallest absolute Gasteiger partial charge is 0.268 e. The fourth-order valence-electron chi connectivity index (χ4n) is 2.56. The van der Waals surface area contributed by atoms with Gasteiger partial charge in [-0.05, 0) is 49.9 Å². The second kappa shape index (κ2) is 5.72. The highest BCUT2D eigenvalue weighted by Gasteiger charge is 2.27. The third-order valence-corrected chi connectivity index (χ3v) is 3.96. The quantitative estimate of drug-likeness (QED) is 0.914. The first kappa shape index (κ1) is 13.9. The van der Waals surface area contributed by atoms with Crippen molar-refractivity contribution in [1.82, 2.24) is 14.9 Å². The number of aromatic nitrogens is 2. The number of carbonyl (C=O) groups is 1. The minimum absolute atomic E-state index is 0.0128. The Balaban J connectivity index is 1.75. The van der Waals surface area contributed by atoms with E-state index in [0.717, 1.165) is 23.4 Å². The molecular formula is C17H21N3O. The summed E-state index contributed by atoms with van der Waals surface area (Å²) in [6, 6.07) is 8.33. The van der Waals surface area contributed by atoms with Crippen molar-refractivity contribution in [3.05, 3.63) is 53.6 Å². The zero-order valence-electron chi connectivity index (χ0n) is 12.5. The largest absolute Gasteiger partial charge is 0.342 e. The van der Waals surface area contributed by atoms with Gasteiger partial charge in [-0.3, -0.25) is 9.78 Å². The van der Waals surface area contributed by atoms with E-state index in [1.54, 1.807) is 0 Å². The monoisotopic (exact) mass is 283 g/mol. The van der Waals surface area contributed by atoms with Gasteiger partial charge in [0.15, 0.2) is 0 Å². The minimum Gasteiger partial charge on any atom is -0.342 e. The summed E-state index contributed by atoms with van der Waals surface area (Å²) in [6.07, 6.45) is 7.01. The Hall–Kier alpha value is -2.10. The van der Waals surface area contributed by atoms with E-state index in [0.29, 0.717) is 6.04 Å². The maximum absolute atomic E-state index is 12.5. The van der Waals surface area contributed by atoms with Crippen LogP contribution in [0.15, 0.2) is 36.7 Å². The van der Waals surface area contributed by atoms with Crippen LogP contribution in [0.5, 0.6) is 0 Å². The highest BCUT2D eigenvalue weighted by atomic mass is 16.2. The third-order valence-electron chi connectivity index (χ3n) is 3.96. The predicted octanol–water partition coefficient (Wildman–Crippen LogP) is 3.41. The molecule has 1 N–H and O–H groups in total. The lowest BCUT2D eigenvalue weighted by molar-refractivity contribution is 0.0925. The molecule has 0 saturated heterocycles. The van der Waals surface area contributed by atoms with E-state index in [-0.39, 0.29) is 11.9 Å². The molecule has 1 amide bonds. The molecule has 1 saturated carbocycles. The fourth-order valence-corrected chi connectivity index (χ4v) is 2.56. The van der Waals surface area contributed by atoms with Gasteiger partial charge in [0.1, 0.15) is 5.69 Å². The van der Waals surface area contributed by atoms with E-state index < -0.39 is 0 Å². The van der Waals surface area contributed by atoms with E-state index in [1.165, 1.54) is 12.8 Å². The maximum Gasteiger partial charge on any atom is 0.268 e. The van der Waals surface area contributed by atoms with Gasteiger partial charge in [0.2, 0.25) is 0 Å². The summed E-state index contributed by atoms with van der Waals surface area (Å²) in [4.78, 5) is 16.9. The summed E-state index contributed by atoms with van der Waals surface area (Å²) in [5.41, 5.74) is 2.80. The normalized spacial score (nSPS) is 15.7. The van der Waals surface area contributed by atoms with E-state index in [4.69, 9.17) is 0 Å². The molecule has 0 unspecified atom stereocenters. The van der Waals surface area contributed by atoms with E-state index in [9.17, 15) is 4.79 Å². The average Bonchev–Trinajstić information content (AvgIpc) is 3.22. The van der Waals surface area contributed by atoms with Crippen LogP contribution in [0.4, 0.5) is 0 Å². The molecule has 4 nitrogen and oxygen atoms in total. The summed E-state index contributed by atoms with van der Waals surface area (Å²) in [6.45, 7) is 4.07. The Morgan fingerprint density at radius 3 is 2.86 bits per heavy atom. The fraction of sp³-hybridized carbons (Fsp3) is 0.412. The summed E-state index contributed by atoms with van der Waals surface area (Å²) < 4.78 is 2.09. The highest BCUT2D eigenvalue weighted by Crippen LogP contribution is 2.36. The van der Waals surface area contributed by atoms with Gasteiger partial charge < -0.3 is 9.88 Å². The Morgan fingerprint density at radius 2 is 2.24 bits per heavy atom. The van der Waals surface area contributed by atoms with Crippen molar-refractivity contribution in [3.63, 3.8) is 0 Å². The first-order valence-electron chi connectivity index (χ1n) is 7.59. The SMILES string of the molecule is CC[C@H](NC(=O)c1cccn1C1CC1)c1ccc(C)cn1. The molecule has 1 aliphatic carbocycles. The molecule has 0 aromatic carbocycles. The Kier molecular flexibility index (Phi) is 3.78. The number of nitrogens with zero attached hydrogens (tertiary/aromatic N) is 2. The average molecular weight is 283 g/mol. The van der Waals surface area contributed by atoms with Gasteiger partial charge in [0.05, 0.1) is 11.7 Å². The molecule has 0 aliphatic heterocycles. The molecular weight excluding hydrogens is 262 g/mol. The van der Waals surface area contributed by atoms with Crippen molar-refractivity contribution in [3.8, 4) is 0 Å². The lowest BCUT2D eigenvalue weighted by Crippen LogP contribution is -2.30. The Bertz CT molecular complexity index is 626. The summed E-state index contributed by atoms with van der Waals surface area (Å²) in [5.74, 6) is -0.0128. The zero-order valence-corrected chi connectivity index (χ0v) is 12.5. The second-order valence-electron chi connectivity index (χ2n) is 5.73. The number of rotatable bonds is 5.